The van der Waals surface area contributed by atoms with E-state index in [4.69, 9.17) is 4.74 Å². The predicted molar refractivity (Wildman–Crippen MR) is 184 cm³/mol. The minimum Gasteiger partial charge on any atom is -0.489 e. The SMILES string of the molecule is CC(C)[C@@H](C(=O)N[C@@H](Cc1ccc(OCc2ccccc2)cc1)C(=O)C(F)(F)C(=O)N(C)Cc1ccccc1)N(Cc1ccccc1)C(=O)O. The first-order chi connectivity index (χ1) is 23.9. The summed E-state index contributed by atoms with van der Waals surface area (Å²) in [7, 11) is 1.17. The van der Waals surface area contributed by atoms with Crippen molar-refractivity contribution in [2.45, 2.75) is 58.0 Å². The van der Waals surface area contributed by atoms with Crippen LogP contribution >= 0.6 is 0 Å². The first-order valence-electron chi connectivity index (χ1n) is 16.2. The summed E-state index contributed by atoms with van der Waals surface area (Å²) >= 11 is 0. The number of hydrogen-bond donors (Lipinski definition) is 2. The molecule has 2 N–H and O–H groups in total. The fourth-order valence-corrected chi connectivity index (χ4v) is 5.53. The summed E-state index contributed by atoms with van der Waals surface area (Å²) in [6.07, 6.45) is -1.80. The van der Waals surface area contributed by atoms with Crippen LogP contribution in [0.5, 0.6) is 5.75 Å². The molecule has 2 atom stereocenters. The van der Waals surface area contributed by atoms with Crippen LogP contribution in [0.25, 0.3) is 0 Å². The van der Waals surface area contributed by atoms with E-state index in [-0.39, 0.29) is 13.1 Å². The Labute approximate surface area is 290 Å². The van der Waals surface area contributed by atoms with Gasteiger partial charge >= 0.3 is 17.9 Å². The maximum absolute atomic E-state index is 15.8. The second kappa shape index (κ2) is 17.2. The lowest BCUT2D eigenvalue weighted by molar-refractivity contribution is -0.167. The topological polar surface area (TPSA) is 116 Å². The standard InChI is InChI=1S/C39H41F2N3O6/c1-27(2)34(44(38(48)49)25-30-15-9-5-10-16-30)36(46)42-33(23-28-19-21-32(22-20-28)50-26-31-17-11-6-12-18-31)35(45)39(40,41)37(47)43(3)24-29-13-7-4-8-14-29/h4-22,27,33-34H,23-26H2,1-3H3,(H,42,46)(H,48,49)/t33-,34-/m0/s1. The molecule has 0 fully saturated rings. The lowest BCUT2D eigenvalue weighted by atomic mass is 9.95. The fourth-order valence-electron chi connectivity index (χ4n) is 5.53. The first kappa shape index (κ1) is 37.2. The van der Waals surface area contributed by atoms with Crippen molar-refractivity contribution in [1.82, 2.24) is 15.1 Å². The maximum Gasteiger partial charge on any atom is 0.408 e. The van der Waals surface area contributed by atoms with Crippen LogP contribution in [0.15, 0.2) is 115 Å². The van der Waals surface area contributed by atoms with Crippen LogP contribution in [0, 0.1) is 5.92 Å². The molecule has 0 saturated carbocycles. The number of halogens is 2. The van der Waals surface area contributed by atoms with Gasteiger partial charge in [0.25, 0.3) is 0 Å². The molecular weight excluding hydrogens is 644 g/mol. The fraction of sp³-hybridized carbons (Fsp3) is 0.282. The summed E-state index contributed by atoms with van der Waals surface area (Å²) in [6.45, 7) is 3.20. The number of Topliss-reactive ketones (excluding diaryl/α,β-unsaturated/α-hetero) is 1. The van der Waals surface area contributed by atoms with E-state index in [1.807, 2.05) is 30.3 Å². The van der Waals surface area contributed by atoms with Gasteiger partial charge in [-0.15, -0.1) is 0 Å². The van der Waals surface area contributed by atoms with Gasteiger partial charge in [0.05, 0.1) is 6.04 Å². The number of amides is 3. The van der Waals surface area contributed by atoms with Gasteiger partial charge in [0, 0.05) is 26.6 Å². The zero-order valence-electron chi connectivity index (χ0n) is 28.2. The number of ketones is 1. The number of hydrogen-bond acceptors (Lipinski definition) is 5. The molecule has 4 rings (SSSR count). The van der Waals surface area contributed by atoms with Gasteiger partial charge in [-0.2, -0.15) is 8.78 Å². The van der Waals surface area contributed by atoms with Gasteiger partial charge in [-0.3, -0.25) is 19.3 Å². The molecule has 0 saturated heterocycles. The van der Waals surface area contributed by atoms with Gasteiger partial charge in [-0.05, 0) is 40.3 Å². The Kier molecular flexibility index (Phi) is 12.8. The second-order valence-corrected chi connectivity index (χ2v) is 12.4. The largest absolute Gasteiger partial charge is 0.489 e. The average Bonchev–Trinajstić information content (AvgIpc) is 3.11. The van der Waals surface area contributed by atoms with Crippen LogP contribution < -0.4 is 10.1 Å². The van der Waals surface area contributed by atoms with Crippen LogP contribution in [0.4, 0.5) is 13.6 Å². The van der Waals surface area contributed by atoms with Crippen LogP contribution in [0.3, 0.4) is 0 Å². The van der Waals surface area contributed by atoms with Crippen molar-refractivity contribution in [2.75, 3.05) is 7.05 Å². The van der Waals surface area contributed by atoms with Gasteiger partial charge in [-0.1, -0.05) is 117 Å². The van der Waals surface area contributed by atoms with E-state index in [0.717, 1.165) is 15.4 Å². The summed E-state index contributed by atoms with van der Waals surface area (Å²) in [5, 5.41) is 12.5. The number of alkyl halides is 2. The molecule has 11 heteroatoms. The van der Waals surface area contributed by atoms with E-state index < -0.39 is 54.0 Å². The number of rotatable bonds is 16. The Balaban J connectivity index is 1.59. The van der Waals surface area contributed by atoms with Crippen LogP contribution in [-0.4, -0.2) is 63.7 Å². The molecule has 0 aliphatic carbocycles. The van der Waals surface area contributed by atoms with Crippen molar-refractivity contribution in [3.8, 4) is 5.75 Å². The maximum atomic E-state index is 15.8. The highest BCUT2D eigenvalue weighted by atomic mass is 19.3. The second-order valence-electron chi connectivity index (χ2n) is 12.4. The van der Waals surface area contributed by atoms with Crippen molar-refractivity contribution >= 4 is 23.7 Å². The molecule has 262 valence electrons. The summed E-state index contributed by atoms with van der Waals surface area (Å²) in [4.78, 5) is 54.6. The molecule has 0 spiro atoms. The molecule has 0 unspecified atom stereocenters. The Morgan fingerprint density at radius 3 is 1.74 bits per heavy atom. The van der Waals surface area contributed by atoms with Gasteiger partial charge in [0.1, 0.15) is 18.4 Å². The minimum absolute atomic E-state index is 0.158. The summed E-state index contributed by atoms with van der Waals surface area (Å²) < 4.78 is 37.4. The van der Waals surface area contributed by atoms with Crippen molar-refractivity contribution in [3.63, 3.8) is 0 Å². The number of carbonyl (C=O) groups excluding carboxylic acids is 3. The number of nitrogens with zero attached hydrogens (tertiary/aromatic N) is 2. The van der Waals surface area contributed by atoms with Crippen LogP contribution in [0.1, 0.15) is 36.1 Å². The van der Waals surface area contributed by atoms with Crippen molar-refractivity contribution in [1.29, 1.82) is 0 Å². The molecule has 3 amide bonds. The number of carbonyl (C=O) groups is 4. The number of carboxylic acid groups (broad SMARTS) is 1. The van der Waals surface area contributed by atoms with Crippen molar-refractivity contribution in [2.24, 2.45) is 5.92 Å². The van der Waals surface area contributed by atoms with E-state index in [2.05, 4.69) is 5.32 Å². The molecule has 9 nitrogen and oxygen atoms in total. The molecule has 0 bridgehead atoms. The van der Waals surface area contributed by atoms with Gasteiger partial charge < -0.3 is 20.1 Å². The normalized spacial score (nSPS) is 12.4. The molecular formula is C39H41F2N3O6. The predicted octanol–water partition coefficient (Wildman–Crippen LogP) is 6.36. The Bertz CT molecular complexity index is 1720. The number of ether oxygens (including phenoxy) is 1. The highest BCUT2D eigenvalue weighted by Gasteiger charge is 2.52. The molecule has 0 aromatic heterocycles. The Hall–Kier alpha value is -5.58. The highest BCUT2D eigenvalue weighted by molar-refractivity contribution is 6.10. The lowest BCUT2D eigenvalue weighted by Gasteiger charge is -2.33. The molecule has 0 radical (unpaired) electrons. The number of nitrogens with one attached hydrogen (secondary N) is 1. The van der Waals surface area contributed by atoms with E-state index in [9.17, 15) is 24.3 Å². The van der Waals surface area contributed by atoms with E-state index in [1.165, 1.54) is 7.05 Å². The van der Waals surface area contributed by atoms with Crippen LogP contribution in [0.2, 0.25) is 0 Å². The molecule has 0 heterocycles. The Morgan fingerprint density at radius 2 is 1.24 bits per heavy atom. The lowest BCUT2D eigenvalue weighted by Crippen LogP contribution is -2.59. The third-order valence-electron chi connectivity index (χ3n) is 8.11. The first-order valence-corrected chi connectivity index (χ1v) is 16.2. The minimum atomic E-state index is -4.51. The van der Waals surface area contributed by atoms with Crippen LogP contribution in [-0.2, 0) is 40.5 Å². The van der Waals surface area contributed by atoms with E-state index in [0.29, 0.717) is 29.0 Å². The summed E-state index contributed by atoms with van der Waals surface area (Å²) in [5.74, 6) is -9.11. The van der Waals surface area contributed by atoms with Crippen molar-refractivity contribution < 1.29 is 37.8 Å². The Morgan fingerprint density at radius 1 is 0.740 bits per heavy atom. The quantitative estimate of drug-likeness (QED) is 0.133. The smallest absolute Gasteiger partial charge is 0.408 e. The highest BCUT2D eigenvalue weighted by Crippen LogP contribution is 2.25. The average molecular weight is 686 g/mol. The third kappa shape index (κ3) is 9.97. The van der Waals surface area contributed by atoms with E-state index in [1.54, 1.807) is 98.8 Å². The molecule has 0 aliphatic rings. The molecule has 0 aliphatic heterocycles. The van der Waals surface area contributed by atoms with E-state index >= 15 is 8.78 Å². The number of benzene rings is 4. The van der Waals surface area contributed by atoms with Gasteiger partial charge in [0.2, 0.25) is 11.7 Å². The van der Waals surface area contributed by atoms with Crippen molar-refractivity contribution in [3.05, 3.63) is 138 Å². The zero-order chi connectivity index (χ0) is 36.3. The van der Waals surface area contributed by atoms with Gasteiger partial charge in [0.15, 0.2) is 0 Å². The zero-order valence-corrected chi connectivity index (χ0v) is 28.2. The summed E-state index contributed by atoms with van der Waals surface area (Å²) in [6, 6.07) is 29.7. The molecule has 4 aromatic rings. The third-order valence-corrected chi connectivity index (χ3v) is 8.11. The molecule has 4 aromatic carbocycles. The summed E-state index contributed by atoms with van der Waals surface area (Å²) in [5.41, 5.74) is 2.53. The monoisotopic (exact) mass is 685 g/mol. The van der Waals surface area contributed by atoms with Gasteiger partial charge in [-0.25, -0.2) is 4.79 Å². The molecule has 50 heavy (non-hydrogen) atoms.